The summed E-state index contributed by atoms with van der Waals surface area (Å²) in [6, 6.07) is 13.1. The van der Waals surface area contributed by atoms with Crippen LogP contribution in [0.3, 0.4) is 0 Å². The lowest BCUT2D eigenvalue weighted by atomic mass is 10.1. The van der Waals surface area contributed by atoms with Crippen LogP contribution in [0.15, 0.2) is 48.5 Å². The smallest absolute Gasteiger partial charge is 0.278 e. The third kappa shape index (κ3) is 3.47. The Bertz CT molecular complexity index is 1140. The highest BCUT2D eigenvalue weighted by molar-refractivity contribution is 6.03. The summed E-state index contributed by atoms with van der Waals surface area (Å²) in [6.45, 7) is 5.53. The third-order valence-electron chi connectivity index (χ3n) is 5.17. The minimum atomic E-state index is -0.651. The first-order valence-electron chi connectivity index (χ1n) is 9.82. The molecule has 2 heterocycles. The maximum absolute atomic E-state index is 14.3. The number of fused-ring (bicyclic) bond motifs is 1. The van der Waals surface area contributed by atoms with Gasteiger partial charge >= 0.3 is 0 Å². The highest BCUT2D eigenvalue weighted by Crippen LogP contribution is 2.37. The van der Waals surface area contributed by atoms with E-state index in [1.165, 1.54) is 15.6 Å². The molecule has 0 N–H and O–H groups in total. The SMILES string of the molecule is CC[C@@H]1Oc2ccc(C(=O)n3nc(C)cc3C)cc2N(Cc2ccccc2F)C1=O. The van der Waals surface area contributed by atoms with Crippen LogP contribution in [-0.4, -0.2) is 27.7 Å². The van der Waals surface area contributed by atoms with Crippen molar-refractivity contribution < 1.29 is 18.7 Å². The molecule has 0 spiro atoms. The van der Waals surface area contributed by atoms with E-state index in [1.807, 2.05) is 19.9 Å². The van der Waals surface area contributed by atoms with E-state index in [0.29, 0.717) is 29.0 Å². The topological polar surface area (TPSA) is 64.4 Å². The molecule has 1 atom stereocenters. The van der Waals surface area contributed by atoms with Gasteiger partial charge in [-0.2, -0.15) is 5.10 Å². The summed E-state index contributed by atoms with van der Waals surface area (Å²) in [5, 5.41) is 4.24. The number of rotatable bonds is 4. The van der Waals surface area contributed by atoms with Crippen LogP contribution in [-0.2, 0) is 11.3 Å². The van der Waals surface area contributed by atoms with Crippen molar-refractivity contribution in [2.45, 2.75) is 39.8 Å². The standard InChI is InChI=1S/C23H22FN3O3/c1-4-20-23(29)26(13-17-7-5-6-8-18(17)24)19-12-16(9-10-21(19)30-20)22(28)27-15(3)11-14(2)25-27/h5-12,20H,4,13H2,1-3H3/t20-/m0/s1. The average Bonchev–Trinajstić information content (AvgIpc) is 3.08. The first-order chi connectivity index (χ1) is 14.4. The summed E-state index contributed by atoms with van der Waals surface area (Å²) >= 11 is 0. The number of nitrogens with zero attached hydrogens (tertiary/aromatic N) is 3. The van der Waals surface area contributed by atoms with Crippen molar-refractivity contribution in [3.05, 3.63) is 76.9 Å². The fraction of sp³-hybridized carbons (Fsp3) is 0.261. The lowest BCUT2D eigenvalue weighted by Crippen LogP contribution is -2.45. The first kappa shape index (κ1) is 19.8. The molecule has 0 saturated carbocycles. The molecule has 2 aromatic carbocycles. The number of hydrogen-bond donors (Lipinski definition) is 0. The number of benzene rings is 2. The zero-order valence-electron chi connectivity index (χ0n) is 17.1. The molecule has 1 amide bonds. The summed E-state index contributed by atoms with van der Waals surface area (Å²) in [6.07, 6.45) is -0.166. The molecule has 0 saturated heterocycles. The van der Waals surface area contributed by atoms with E-state index in [2.05, 4.69) is 5.10 Å². The number of aryl methyl sites for hydroxylation is 2. The predicted molar refractivity (Wildman–Crippen MR) is 110 cm³/mol. The summed E-state index contributed by atoms with van der Waals surface area (Å²) in [4.78, 5) is 27.5. The van der Waals surface area contributed by atoms with E-state index >= 15 is 0 Å². The van der Waals surface area contributed by atoms with Gasteiger partial charge < -0.3 is 9.64 Å². The number of amides is 1. The highest BCUT2D eigenvalue weighted by atomic mass is 19.1. The monoisotopic (exact) mass is 407 g/mol. The normalized spacial score (nSPS) is 15.7. The maximum Gasteiger partial charge on any atom is 0.278 e. The molecule has 0 bridgehead atoms. The van der Waals surface area contributed by atoms with Crippen LogP contribution in [0.5, 0.6) is 5.75 Å². The Morgan fingerprint density at radius 3 is 2.60 bits per heavy atom. The number of ether oxygens (including phenoxy) is 1. The van der Waals surface area contributed by atoms with Crippen molar-refractivity contribution >= 4 is 17.5 Å². The number of aromatic nitrogens is 2. The van der Waals surface area contributed by atoms with Gasteiger partial charge in [-0.25, -0.2) is 9.07 Å². The number of halogens is 1. The predicted octanol–water partition coefficient (Wildman–Crippen LogP) is 4.03. The van der Waals surface area contributed by atoms with Gasteiger partial charge in [0.05, 0.1) is 17.9 Å². The van der Waals surface area contributed by atoms with Crippen LogP contribution < -0.4 is 9.64 Å². The van der Waals surface area contributed by atoms with Crippen LogP contribution in [0.2, 0.25) is 0 Å². The second-order valence-corrected chi connectivity index (χ2v) is 7.36. The molecule has 3 aromatic rings. The van der Waals surface area contributed by atoms with Gasteiger partial charge in [-0.3, -0.25) is 9.59 Å². The molecule has 1 aliphatic heterocycles. The molecule has 1 aromatic heterocycles. The Balaban J connectivity index is 1.76. The zero-order valence-corrected chi connectivity index (χ0v) is 17.1. The molecule has 30 heavy (non-hydrogen) atoms. The lowest BCUT2D eigenvalue weighted by Gasteiger charge is -2.34. The average molecular weight is 407 g/mol. The van der Waals surface area contributed by atoms with Crippen LogP contribution in [0.4, 0.5) is 10.1 Å². The number of anilines is 1. The molecule has 0 radical (unpaired) electrons. The van der Waals surface area contributed by atoms with E-state index < -0.39 is 6.10 Å². The Morgan fingerprint density at radius 1 is 1.17 bits per heavy atom. The van der Waals surface area contributed by atoms with Crippen LogP contribution in [0.1, 0.15) is 40.7 Å². The first-order valence-corrected chi connectivity index (χ1v) is 9.82. The Kier molecular flexibility index (Phi) is 5.11. The highest BCUT2D eigenvalue weighted by Gasteiger charge is 2.34. The molecule has 154 valence electrons. The van der Waals surface area contributed by atoms with E-state index in [1.54, 1.807) is 43.3 Å². The summed E-state index contributed by atoms with van der Waals surface area (Å²) in [5.74, 6) is -0.466. The van der Waals surface area contributed by atoms with Gasteiger partial charge in [-0.05, 0) is 50.6 Å². The Labute approximate surface area is 173 Å². The minimum Gasteiger partial charge on any atom is -0.478 e. The lowest BCUT2D eigenvalue weighted by molar-refractivity contribution is -0.126. The number of hydrogen-bond acceptors (Lipinski definition) is 4. The van der Waals surface area contributed by atoms with Crippen molar-refractivity contribution in [1.29, 1.82) is 0 Å². The van der Waals surface area contributed by atoms with Gasteiger partial charge in [0.15, 0.2) is 6.10 Å². The van der Waals surface area contributed by atoms with Crippen LogP contribution in [0.25, 0.3) is 0 Å². The number of carbonyl (C=O) groups excluding carboxylic acids is 2. The maximum atomic E-state index is 14.3. The molecule has 1 aliphatic rings. The molecule has 7 heteroatoms. The molecule has 4 rings (SSSR count). The van der Waals surface area contributed by atoms with Crippen molar-refractivity contribution in [1.82, 2.24) is 9.78 Å². The Hall–Kier alpha value is -3.48. The second kappa shape index (κ2) is 7.74. The van der Waals surface area contributed by atoms with Crippen molar-refractivity contribution in [3.63, 3.8) is 0 Å². The summed E-state index contributed by atoms with van der Waals surface area (Å²) in [5.41, 5.74) is 2.66. The molecule has 0 fully saturated rings. The van der Waals surface area contributed by atoms with Gasteiger partial charge in [0, 0.05) is 16.8 Å². The quantitative estimate of drug-likeness (QED) is 0.655. The number of carbonyl (C=O) groups is 2. The van der Waals surface area contributed by atoms with Gasteiger partial charge in [-0.1, -0.05) is 25.1 Å². The summed E-state index contributed by atoms with van der Waals surface area (Å²) in [7, 11) is 0. The van der Waals surface area contributed by atoms with E-state index in [-0.39, 0.29) is 24.2 Å². The van der Waals surface area contributed by atoms with Crippen molar-refractivity contribution in [2.75, 3.05) is 4.90 Å². The van der Waals surface area contributed by atoms with Crippen molar-refractivity contribution in [2.24, 2.45) is 0 Å². The van der Waals surface area contributed by atoms with E-state index in [9.17, 15) is 14.0 Å². The fourth-order valence-electron chi connectivity index (χ4n) is 3.63. The molecule has 6 nitrogen and oxygen atoms in total. The molecule has 0 unspecified atom stereocenters. The third-order valence-corrected chi connectivity index (χ3v) is 5.17. The fourth-order valence-corrected chi connectivity index (χ4v) is 3.63. The Morgan fingerprint density at radius 2 is 1.93 bits per heavy atom. The summed E-state index contributed by atoms with van der Waals surface area (Å²) < 4.78 is 21.4. The van der Waals surface area contributed by atoms with E-state index in [0.717, 1.165) is 11.4 Å². The zero-order chi connectivity index (χ0) is 21.4. The molecular weight excluding hydrogens is 385 g/mol. The van der Waals surface area contributed by atoms with Crippen LogP contribution in [0, 0.1) is 19.7 Å². The van der Waals surface area contributed by atoms with Gasteiger partial charge in [0.1, 0.15) is 11.6 Å². The van der Waals surface area contributed by atoms with E-state index in [4.69, 9.17) is 4.74 Å². The van der Waals surface area contributed by atoms with Crippen LogP contribution >= 0.6 is 0 Å². The van der Waals surface area contributed by atoms with Gasteiger partial charge in [0.25, 0.3) is 11.8 Å². The molecular formula is C23H22FN3O3. The second-order valence-electron chi connectivity index (χ2n) is 7.36. The molecule has 0 aliphatic carbocycles. The largest absolute Gasteiger partial charge is 0.478 e. The van der Waals surface area contributed by atoms with Crippen molar-refractivity contribution in [3.8, 4) is 5.75 Å². The van der Waals surface area contributed by atoms with Gasteiger partial charge in [0.2, 0.25) is 0 Å². The van der Waals surface area contributed by atoms with Gasteiger partial charge in [-0.15, -0.1) is 0 Å². The minimum absolute atomic E-state index is 0.0515.